The van der Waals surface area contributed by atoms with Crippen molar-refractivity contribution in [1.29, 1.82) is 0 Å². The molecule has 0 saturated carbocycles. The lowest BCUT2D eigenvalue weighted by atomic mass is 9.85. The number of Topliss-reactive ketones (excluding diaryl/α,β-unsaturated/α-hetero) is 2. The van der Waals surface area contributed by atoms with Crippen LogP contribution in [0.3, 0.4) is 0 Å². The van der Waals surface area contributed by atoms with Crippen LogP contribution >= 0.6 is 0 Å². The first-order valence-corrected chi connectivity index (χ1v) is 28.4. The summed E-state index contributed by atoms with van der Waals surface area (Å²) in [6.45, 7) is 19.0. The van der Waals surface area contributed by atoms with Gasteiger partial charge < -0.3 is 76.3 Å². The fourth-order valence-electron chi connectivity index (χ4n) is 10.1. The molecule has 23 nitrogen and oxygen atoms in total. The Bertz CT molecular complexity index is 2820. The first-order valence-electron chi connectivity index (χ1n) is 28.4. The molecule has 0 saturated heterocycles. The van der Waals surface area contributed by atoms with E-state index in [1.807, 2.05) is 39.8 Å². The van der Waals surface area contributed by atoms with Crippen molar-refractivity contribution < 1.29 is 77.0 Å². The van der Waals surface area contributed by atoms with E-state index >= 15 is 0 Å². The zero-order chi connectivity index (χ0) is 64.7. The van der Waals surface area contributed by atoms with Crippen LogP contribution in [0.5, 0.6) is 0 Å². The predicted octanol–water partition coefficient (Wildman–Crippen LogP) is 4.45. The molecule has 2 unspecified atom stereocenters. The molecule has 0 aromatic heterocycles. The third kappa shape index (κ3) is 21.5. The van der Waals surface area contributed by atoms with Crippen LogP contribution < -0.4 is 32.7 Å². The number of hydrogen-bond donors (Lipinski definition) is 8. The number of methoxy groups -OCH3 is 4. The molecule has 0 spiro atoms. The topological polar surface area (TPSA) is 336 Å². The molecule has 2 aliphatic carbocycles. The number of aliphatic hydroxyl groups excluding tert-OH is 2. The smallest absolute Gasteiger partial charge is 0.405 e. The number of hydrogen-bond acceptors (Lipinski definition) is 19. The molecular formula is C63H91N7O16. The summed E-state index contributed by atoms with van der Waals surface area (Å²) in [5.74, 6) is -4.21. The van der Waals surface area contributed by atoms with Crippen LogP contribution in [0.15, 0.2) is 130 Å². The second-order valence-electron chi connectivity index (χ2n) is 22.3. The molecule has 0 aromatic carbocycles. The largest absolute Gasteiger partial charge is 0.439 e. The number of amides is 4. The summed E-state index contributed by atoms with van der Waals surface area (Å²) in [6, 6.07) is 0. The lowest BCUT2D eigenvalue weighted by Crippen LogP contribution is -2.38. The quantitative estimate of drug-likeness (QED) is 0.0932. The molecule has 23 heteroatoms. The Balaban J connectivity index is 0.000000451. The van der Waals surface area contributed by atoms with Crippen molar-refractivity contribution in [2.45, 2.75) is 130 Å². The Hall–Kier alpha value is -7.38. The van der Waals surface area contributed by atoms with Crippen molar-refractivity contribution in [1.82, 2.24) is 26.2 Å². The van der Waals surface area contributed by atoms with Crippen molar-refractivity contribution in [3.63, 3.8) is 0 Å². The van der Waals surface area contributed by atoms with E-state index in [0.29, 0.717) is 37.1 Å². The first kappa shape index (κ1) is 72.9. The maximum atomic E-state index is 13.7. The number of aliphatic hydroxyl groups is 2. The van der Waals surface area contributed by atoms with Gasteiger partial charge in [-0.1, -0.05) is 82.4 Å². The van der Waals surface area contributed by atoms with E-state index in [0.717, 1.165) is 12.2 Å². The Morgan fingerprint density at radius 3 is 1.37 bits per heavy atom. The fourth-order valence-corrected chi connectivity index (χ4v) is 10.1. The number of ether oxygens (including phenoxy) is 6. The molecule has 0 fully saturated rings. The van der Waals surface area contributed by atoms with Crippen molar-refractivity contribution >= 4 is 47.1 Å². The standard InChI is InChI=1S/C32H48N4O8.C31H43N3O8/c1-18-14-22-27(34-12-13-36(5)6)24(37)17-23(29(22)39)35-31(40)19(2)10-9-11-25(42-7)30(44-32(33)41)21(4)16-20(3)28(38)26(15-18)43-8;1-8-12-33-26-21-13-17(2)14-25(41-7)27(36)19(4)15-20(5)29(42-31(32)39)24(40-6)11-9-10-18(3)30(38)34-22(28(21)37)16-23(26)35/h9-11,16-18,20,25-26,28,30,34,38H,12-15H2,1-8H3,(H2,33,41)(H,35,40);8-11,15-17,19,24-25,27,29,33,36H,1,12-14H2,2-7H3,(H2,32,39)(H,34,38)/b11-9-,19-10+,21-16+;11-9-,18-10+,20-15+/t18-,20+,25?,26+,28-,30+;17-,19+,24?,25+,27-,29+/m11/s1. The summed E-state index contributed by atoms with van der Waals surface area (Å²) in [7, 11) is 9.66. The molecule has 2 aliphatic heterocycles. The van der Waals surface area contributed by atoms with Crippen molar-refractivity contribution in [3.05, 3.63) is 130 Å². The number of carbonyl (C=O) groups excluding carboxylic acids is 8. The Morgan fingerprint density at radius 2 is 1.03 bits per heavy atom. The van der Waals surface area contributed by atoms with Gasteiger partial charge in [-0.15, -0.1) is 6.58 Å². The number of carbonyl (C=O) groups is 8. The van der Waals surface area contributed by atoms with Crippen molar-refractivity contribution in [2.75, 3.05) is 62.2 Å². The number of fused-ring (bicyclic) bond motifs is 4. The lowest BCUT2D eigenvalue weighted by Gasteiger charge is -2.30. The van der Waals surface area contributed by atoms with E-state index in [1.165, 1.54) is 40.6 Å². The minimum Gasteiger partial charge on any atom is -0.439 e. The second-order valence-corrected chi connectivity index (χ2v) is 22.3. The van der Waals surface area contributed by atoms with Crippen molar-refractivity contribution in [3.8, 4) is 0 Å². The number of rotatable bonds is 13. The number of allylic oxidation sites excluding steroid dienone is 8. The molecule has 0 aromatic rings. The molecule has 10 N–H and O–H groups in total. The Labute approximate surface area is 505 Å². The molecule has 86 heavy (non-hydrogen) atoms. The van der Waals surface area contributed by atoms with Crippen LogP contribution in [0.2, 0.25) is 0 Å². The summed E-state index contributed by atoms with van der Waals surface area (Å²) in [5, 5.41) is 33.7. The number of nitrogens with zero attached hydrogens (tertiary/aromatic N) is 1. The van der Waals surface area contributed by atoms with E-state index in [4.69, 9.17) is 39.9 Å². The third-order valence-corrected chi connectivity index (χ3v) is 14.9. The summed E-state index contributed by atoms with van der Waals surface area (Å²) < 4.78 is 33.2. The van der Waals surface area contributed by atoms with Gasteiger partial charge in [0.25, 0.3) is 11.8 Å². The summed E-state index contributed by atoms with van der Waals surface area (Å²) in [5.41, 5.74) is 13.0. The highest BCUT2D eigenvalue weighted by Crippen LogP contribution is 2.31. The van der Waals surface area contributed by atoms with Gasteiger partial charge >= 0.3 is 12.2 Å². The van der Waals surface area contributed by atoms with Crippen LogP contribution in [0.4, 0.5) is 9.59 Å². The van der Waals surface area contributed by atoms with Gasteiger partial charge in [0, 0.05) is 94.4 Å². The fraction of sp³-hybridized carbons (Fsp3) is 0.524. The van der Waals surface area contributed by atoms with E-state index in [2.05, 4.69) is 27.8 Å². The van der Waals surface area contributed by atoms with Gasteiger partial charge in [0.15, 0.2) is 12.2 Å². The van der Waals surface area contributed by atoms with Gasteiger partial charge in [-0.25, -0.2) is 9.59 Å². The van der Waals surface area contributed by atoms with Gasteiger partial charge in [0.2, 0.25) is 23.1 Å². The number of likely N-dealkylation sites (N-methyl/N-ethyl adjacent to an activating group) is 1. The second kappa shape index (κ2) is 35.3. The van der Waals surface area contributed by atoms with Crippen LogP contribution in [0, 0.1) is 23.7 Å². The van der Waals surface area contributed by atoms with Gasteiger partial charge in [0.1, 0.15) is 12.2 Å². The number of ketones is 4. The normalized spacial score (nSPS) is 31.3. The average molecular weight is 1200 g/mol. The van der Waals surface area contributed by atoms with E-state index in [1.54, 1.807) is 77.2 Å². The third-order valence-electron chi connectivity index (χ3n) is 14.9. The molecule has 4 aliphatic rings. The summed E-state index contributed by atoms with van der Waals surface area (Å²) >= 11 is 0. The first-order chi connectivity index (χ1) is 40.5. The summed E-state index contributed by atoms with van der Waals surface area (Å²) in [6.07, 6.45) is 9.22. The van der Waals surface area contributed by atoms with Crippen LogP contribution in [0.25, 0.3) is 0 Å². The predicted molar refractivity (Wildman–Crippen MR) is 324 cm³/mol. The monoisotopic (exact) mass is 1200 g/mol. The SMILES string of the molecule is C=CCNC1=C2C[C@@H](C)C[C@H](OC)[C@H](O)[C@@H](C)/C=C(\C)[C@H](OC(N)=O)C(OC)/C=C\C=C(/C)C(=O)NC(=CC1=O)C2=O.COC1/C=C\C=C(/C)C(=O)NC2=CC(=O)C(NCCN(C)C)=C(C[C@@H](C)C[C@H](OC)[C@H](O)[C@@H](C)/C=C(\C)[C@@H]1OC(N)=O)C2=O. The summed E-state index contributed by atoms with van der Waals surface area (Å²) in [4.78, 5) is 105. The minimum atomic E-state index is -1.00. The molecule has 12 atom stereocenters. The lowest BCUT2D eigenvalue weighted by molar-refractivity contribution is -0.120. The molecule has 4 bridgehead atoms. The Morgan fingerprint density at radius 1 is 0.651 bits per heavy atom. The maximum Gasteiger partial charge on any atom is 0.405 e. The molecular weight excluding hydrogens is 1110 g/mol. The van der Waals surface area contributed by atoms with E-state index in [9.17, 15) is 48.6 Å². The van der Waals surface area contributed by atoms with Crippen molar-refractivity contribution in [2.24, 2.45) is 35.1 Å². The molecule has 2 heterocycles. The zero-order valence-corrected chi connectivity index (χ0v) is 52.1. The number of nitrogens with two attached hydrogens (primary N) is 2. The zero-order valence-electron chi connectivity index (χ0n) is 52.1. The molecule has 0 radical (unpaired) electrons. The van der Waals surface area contributed by atoms with E-state index < -0.39 is 108 Å². The maximum absolute atomic E-state index is 13.7. The van der Waals surface area contributed by atoms with E-state index in [-0.39, 0.29) is 76.3 Å². The highest BCUT2D eigenvalue weighted by Gasteiger charge is 2.36. The number of nitrogens with one attached hydrogen (secondary N) is 4. The molecule has 474 valence electrons. The molecule has 4 amide bonds. The van der Waals surface area contributed by atoms with Crippen LogP contribution in [-0.4, -0.2) is 173 Å². The van der Waals surface area contributed by atoms with Gasteiger partial charge in [-0.3, -0.25) is 28.8 Å². The van der Waals surface area contributed by atoms with Crippen LogP contribution in [-0.2, 0) is 57.2 Å². The molecule has 4 rings (SSSR count). The van der Waals surface area contributed by atoms with Gasteiger partial charge in [-0.05, 0) is 90.5 Å². The highest BCUT2D eigenvalue weighted by molar-refractivity contribution is 6.24. The number of primary amides is 2. The highest BCUT2D eigenvalue weighted by atomic mass is 16.6. The minimum absolute atomic E-state index is 0.114. The van der Waals surface area contributed by atoms with Gasteiger partial charge in [-0.2, -0.15) is 0 Å². The average Bonchev–Trinajstić information content (AvgIpc) is 1.39. The van der Waals surface area contributed by atoms with Crippen LogP contribution in [0.1, 0.15) is 81.1 Å². The Kier molecular flexibility index (Phi) is 29.9. The van der Waals surface area contributed by atoms with Gasteiger partial charge in [0.05, 0.1) is 47.2 Å².